The topological polar surface area (TPSA) is 102 Å². The molecule has 9 heteroatoms. The first-order valence-electron chi connectivity index (χ1n) is 11.5. The number of hydrogen-bond donors (Lipinski definition) is 1. The van der Waals surface area contributed by atoms with Crippen molar-refractivity contribution in [2.24, 2.45) is 7.05 Å². The Morgan fingerprint density at radius 2 is 1.85 bits per heavy atom. The van der Waals surface area contributed by atoms with Crippen LogP contribution < -0.4 is 4.90 Å². The molecular formula is C25H29N7O2. The van der Waals surface area contributed by atoms with Gasteiger partial charge in [-0.1, -0.05) is 61.9 Å². The van der Waals surface area contributed by atoms with E-state index in [1.165, 1.54) is 0 Å². The Morgan fingerprint density at radius 1 is 1.09 bits per heavy atom. The molecule has 0 saturated carbocycles. The molecule has 0 spiro atoms. The van der Waals surface area contributed by atoms with Crippen molar-refractivity contribution < 1.29 is 9.53 Å². The first-order chi connectivity index (χ1) is 16.6. The number of carbonyl (C=O) groups excluding carboxylic acids is 1. The highest BCUT2D eigenvalue weighted by atomic mass is 16.5. The van der Waals surface area contributed by atoms with Crippen molar-refractivity contribution in [2.45, 2.75) is 33.2 Å². The highest BCUT2D eigenvalue weighted by molar-refractivity contribution is 5.93. The van der Waals surface area contributed by atoms with E-state index < -0.39 is 0 Å². The number of carbonyl (C=O) groups is 1. The molecule has 2 heterocycles. The van der Waals surface area contributed by atoms with Gasteiger partial charge in [-0.2, -0.15) is 5.21 Å². The molecule has 34 heavy (non-hydrogen) atoms. The maximum absolute atomic E-state index is 12.6. The third-order valence-corrected chi connectivity index (χ3v) is 5.62. The summed E-state index contributed by atoms with van der Waals surface area (Å²) in [6.45, 7) is 5.71. The number of H-pyrrole nitrogens is 1. The van der Waals surface area contributed by atoms with Crippen molar-refractivity contribution in [2.75, 3.05) is 18.1 Å². The van der Waals surface area contributed by atoms with Crippen molar-refractivity contribution in [3.63, 3.8) is 0 Å². The van der Waals surface area contributed by atoms with Gasteiger partial charge in [-0.3, -0.25) is 0 Å². The van der Waals surface area contributed by atoms with Gasteiger partial charge in [0.1, 0.15) is 0 Å². The van der Waals surface area contributed by atoms with Crippen LogP contribution in [0.1, 0.15) is 42.7 Å². The van der Waals surface area contributed by atoms with Crippen molar-refractivity contribution in [1.29, 1.82) is 0 Å². The summed E-state index contributed by atoms with van der Waals surface area (Å²) < 4.78 is 7.00. The molecule has 0 atom stereocenters. The summed E-state index contributed by atoms with van der Waals surface area (Å²) in [7, 11) is 1.82. The van der Waals surface area contributed by atoms with Crippen LogP contribution in [0.5, 0.6) is 0 Å². The number of anilines is 1. The van der Waals surface area contributed by atoms with Crippen molar-refractivity contribution in [3.05, 3.63) is 66.1 Å². The van der Waals surface area contributed by atoms with E-state index in [2.05, 4.69) is 61.7 Å². The normalized spacial score (nSPS) is 10.9. The zero-order chi connectivity index (χ0) is 23.9. The minimum absolute atomic E-state index is 0.325. The second-order valence-electron chi connectivity index (χ2n) is 8.00. The van der Waals surface area contributed by atoms with Gasteiger partial charge in [-0.25, -0.2) is 9.78 Å². The predicted molar refractivity (Wildman–Crippen MR) is 130 cm³/mol. The molecule has 0 saturated heterocycles. The number of aromatic nitrogens is 6. The van der Waals surface area contributed by atoms with Gasteiger partial charge in [0.05, 0.1) is 12.9 Å². The van der Waals surface area contributed by atoms with Crippen LogP contribution in [0.4, 0.5) is 5.82 Å². The number of hydrogen-bond acceptors (Lipinski definition) is 7. The predicted octanol–water partition coefficient (Wildman–Crippen LogP) is 4.25. The first-order valence-corrected chi connectivity index (χ1v) is 11.5. The van der Waals surface area contributed by atoms with Crippen molar-refractivity contribution >= 4 is 11.8 Å². The average Bonchev–Trinajstić information content (AvgIpc) is 3.52. The number of aryl methyl sites for hydroxylation is 1. The van der Waals surface area contributed by atoms with E-state index in [0.717, 1.165) is 41.6 Å². The van der Waals surface area contributed by atoms with Gasteiger partial charge in [0, 0.05) is 25.7 Å². The van der Waals surface area contributed by atoms with Crippen molar-refractivity contribution in [3.8, 4) is 22.5 Å². The molecule has 2 aromatic carbocycles. The highest BCUT2D eigenvalue weighted by Gasteiger charge is 2.23. The molecule has 0 unspecified atom stereocenters. The second-order valence-corrected chi connectivity index (χ2v) is 8.00. The maximum atomic E-state index is 12.6. The smallest absolute Gasteiger partial charge is 0.358 e. The summed E-state index contributed by atoms with van der Waals surface area (Å²) in [5, 5.41) is 14.5. The Balaban J connectivity index is 1.60. The number of esters is 1. The number of unbranched alkanes of at least 4 members (excludes halogenated alkanes) is 1. The Labute approximate surface area is 198 Å². The minimum Gasteiger partial charge on any atom is -0.461 e. The number of tetrazole rings is 1. The molecular weight excluding hydrogens is 430 g/mol. The lowest BCUT2D eigenvalue weighted by Gasteiger charge is -2.24. The molecule has 2 aromatic heterocycles. The summed E-state index contributed by atoms with van der Waals surface area (Å²) in [5.41, 5.74) is 4.61. The van der Waals surface area contributed by atoms with Crippen LogP contribution in [0.2, 0.25) is 0 Å². The van der Waals surface area contributed by atoms with E-state index in [0.29, 0.717) is 30.5 Å². The molecule has 1 N–H and O–H groups in total. The van der Waals surface area contributed by atoms with Crippen LogP contribution in [-0.2, 0) is 18.3 Å². The van der Waals surface area contributed by atoms with Crippen LogP contribution in [-0.4, -0.2) is 49.3 Å². The van der Waals surface area contributed by atoms with Crippen molar-refractivity contribution in [1.82, 2.24) is 30.2 Å². The minimum atomic E-state index is -0.354. The number of nitrogens with one attached hydrogen (secondary N) is 1. The van der Waals surface area contributed by atoms with E-state index in [-0.39, 0.29) is 5.97 Å². The molecule has 0 fully saturated rings. The molecule has 4 rings (SSSR count). The van der Waals surface area contributed by atoms with Gasteiger partial charge in [0.2, 0.25) is 5.82 Å². The number of benzene rings is 2. The van der Waals surface area contributed by atoms with E-state index in [1.54, 1.807) is 17.8 Å². The fraction of sp³-hybridized carbons (Fsp3) is 0.320. The average molecular weight is 460 g/mol. The van der Waals surface area contributed by atoms with Gasteiger partial charge in [0.25, 0.3) is 0 Å². The summed E-state index contributed by atoms with van der Waals surface area (Å²) in [6, 6.07) is 16.4. The number of nitrogens with zero attached hydrogens (tertiary/aromatic N) is 6. The number of ether oxygens (including phenoxy) is 1. The van der Waals surface area contributed by atoms with Crippen LogP contribution in [0.15, 0.2) is 54.9 Å². The Hall–Kier alpha value is -4.01. The largest absolute Gasteiger partial charge is 0.461 e. The molecule has 0 amide bonds. The summed E-state index contributed by atoms with van der Waals surface area (Å²) in [5.74, 6) is 0.861. The SMILES string of the molecule is CCCCN(Cc1ccc(-c2ccccc2-c2nn[nH]n2)cc1)c1ncn(C)c1C(=O)OCC. The Morgan fingerprint density at radius 3 is 2.53 bits per heavy atom. The third kappa shape index (κ3) is 4.98. The third-order valence-electron chi connectivity index (χ3n) is 5.62. The van der Waals surface area contributed by atoms with Crippen LogP contribution in [0, 0.1) is 0 Å². The molecule has 0 radical (unpaired) electrons. The molecule has 0 aliphatic rings. The fourth-order valence-electron chi connectivity index (χ4n) is 3.91. The molecule has 0 aliphatic heterocycles. The molecule has 9 nitrogen and oxygen atoms in total. The van der Waals surface area contributed by atoms with Crippen LogP contribution in [0.3, 0.4) is 0 Å². The van der Waals surface area contributed by atoms with E-state index >= 15 is 0 Å². The van der Waals surface area contributed by atoms with E-state index in [9.17, 15) is 4.79 Å². The second kappa shape index (κ2) is 10.7. The Bertz CT molecular complexity index is 1220. The Kier molecular flexibility index (Phi) is 7.31. The zero-order valence-corrected chi connectivity index (χ0v) is 19.7. The highest BCUT2D eigenvalue weighted by Crippen LogP contribution is 2.30. The summed E-state index contributed by atoms with van der Waals surface area (Å²) in [4.78, 5) is 19.3. The lowest BCUT2D eigenvalue weighted by atomic mass is 9.98. The summed E-state index contributed by atoms with van der Waals surface area (Å²) in [6.07, 6.45) is 3.71. The van der Waals surface area contributed by atoms with E-state index in [4.69, 9.17) is 4.74 Å². The van der Waals surface area contributed by atoms with E-state index in [1.807, 2.05) is 31.3 Å². The van der Waals surface area contributed by atoms with Gasteiger partial charge >= 0.3 is 5.97 Å². The van der Waals surface area contributed by atoms with Gasteiger partial charge < -0.3 is 14.2 Å². The molecule has 0 aliphatic carbocycles. The van der Waals surface area contributed by atoms with Gasteiger partial charge in [0.15, 0.2) is 11.5 Å². The fourth-order valence-corrected chi connectivity index (χ4v) is 3.91. The lowest BCUT2D eigenvalue weighted by molar-refractivity contribution is 0.0516. The van der Waals surface area contributed by atoms with Gasteiger partial charge in [-0.15, -0.1) is 10.2 Å². The number of aromatic amines is 1. The lowest BCUT2D eigenvalue weighted by Crippen LogP contribution is -2.27. The quantitative estimate of drug-likeness (QED) is 0.354. The monoisotopic (exact) mass is 459 g/mol. The van der Waals surface area contributed by atoms with Gasteiger partial charge in [-0.05, 0) is 35.2 Å². The number of rotatable bonds is 10. The molecule has 0 bridgehead atoms. The zero-order valence-electron chi connectivity index (χ0n) is 19.7. The maximum Gasteiger partial charge on any atom is 0.358 e. The summed E-state index contributed by atoms with van der Waals surface area (Å²) >= 11 is 0. The van der Waals surface area contributed by atoms with Crippen LogP contribution >= 0.6 is 0 Å². The molecule has 176 valence electrons. The number of imidazole rings is 1. The molecule has 4 aromatic rings. The van der Waals surface area contributed by atoms with Crippen LogP contribution in [0.25, 0.3) is 22.5 Å². The first kappa shape index (κ1) is 23.2. The standard InChI is InChI=1S/C25H29N7O2/c1-4-6-15-32(24-22(25(33)34-5-2)31(3)17-26-24)16-18-11-13-19(14-12-18)20-9-7-8-10-21(20)23-27-29-30-28-23/h7-14,17H,4-6,15-16H2,1-3H3,(H,27,28,29,30).